The quantitative estimate of drug-likeness (QED) is 0.472. The Morgan fingerprint density at radius 3 is 2.48 bits per heavy atom. The molecule has 25 heavy (non-hydrogen) atoms. The predicted molar refractivity (Wildman–Crippen MR) is 100 cm³/mol. The topological polar surface area (TPSA) is 35.5 Å². The molecule has 0 aliphatic heterocycles. The molecule has 0 unspecified atom stereocenters. The van der Waals surface area contributed by atoms with Crippen LogP contribution in [-0.2, 0) is 4.79 Å². The Labute approximate surface area is 148 Å². The largest absolute Gasteiger partial charge is 0.482 e. The fourth-order valence-corrected chi connectivity index (χ4v) is 2.76. The van der Waals surface area contributed by atoms with Gasteiger partial charge in [0.05, 0.1) is 0 Å². The van der Waals surface area contributed by atoms with Gasteiger partial charge in [-0.25, -0.2) is 4.79 Å². The van der Waals surface area contributed by atoms with Crippen LogP contribution in [0.25, 0.3) is 10.8 Å². The van der Waals surface area contributed by atoms with Crippen LogP contribution in [0.5, 0.6) is 11.5 Å². The van der Waals surface area contributed by atoms with E-state index in [0.717, 1.165) is 21.9 Å². The van der Waals surface area contributed by atoms with Crippen molar-refractivity contribution in [1.29, 1.82) is 0 Å². The molecule has 0 saturated heterocycles. The van der Waals surface area contributed by atoms with Crippen LogP contribution in [0.4, 0.5) is 0 Å². The first-order chi connectivity index (χ1) is 12.0. The SMILES string of the molecule is Cc1ccc(C(C)C)c(OC(=O)COc2ccc3ccccc3c2)c1. The second-order valence-corrected chi connectivity index (χ2v) is 6.47. The van der Waals surface area contributed by atoms with E-state index in [1.807, 2.05) is 67.6 Å². The van der Waals surface area contributed by atoms with Crippen LogP contribution < -0.4 is 9.47 Å². The second-order valence-electron chi connectivity index (χ2n) is 6.47. The van der Waals surface area contributed by atoms with E-state index < -0.39 is 5.97 Å². The zero-order valence-corrected chi connectivity index (χ0v) is 14.8. The first kappa shape index (κ1) is 17.0. The van der Waals surface area contributed by atoms with E-state index in [2.05, 4.69) is 13.8 Å². The molecule has 0 spiro atoms. The lowest BCUT2D eigenvalue weighted by Crippen LogP contribution is -2.18. The number of carbonyl (C=O) groups excluding carboxylic acids is 1. The Balaban J connectivity index is 1.67. The first-order valence-electron chi connectivity index (χ1n) is 8.46. The monoisotopic (exact) mass is 334 g/mol. The van der Waals surface area contributed by atoms with Crippen LogP contribution in [0.2, 0.25) is 0 Å². The third-order valence-electron chi connectivity index (χ3n) is 4.09. The minimum atomic E-state index is -0.402. The summed E-state index contributed by atoms with van der Waals surface area (Å²) >= 11 is 0. The molecule has 0 heterocycles. The second kappa shape index (κ2) is 7.39. The first-order valence-corrected chi connectivity index (χ1v) is 8.46. The Kier molecular flexibility index (Phi) is 5.03. The summed E-state index contributed by atoms with van der Waals surface area (Å²) in [7, 11) is 0. The van der Waals surface area contributed by atoms with Crippen LogP contribution in [0, 0.1) is 6.92 Å². The molecular weight excluding hydrogens is 312 g/mol. The molecule has 0 aliphatic rings. The maximum Gasteiger partial charge on any atom is 0.349 e. The highest BCUT2D eigenvalue weighted by molar-refractivity contribution is 5.84. The summed E-state index contributed by atoms with van der Waals surface area (Å²) in [6, 6.07) is 19.7. The smallest absolute Gasteiger partial charge is 0.349 e. The summed E-state index contributed by atoms with van der Waals surface area (Å²) in [4.78, 5) is 12.2. The summed E-state index contributed by atoms with van der Waals surface area (Å²) in [5.74, 6) is 1.15. The highest BCUT2D eigenvalue weighted by Gasteiger charge is 2.13. The number of benzene rings is 3. The van der Waals surface area contributed by atoms with Crippen molar-refractivity contribution in [3.05, 3.63) is 71.8 Å². The number of carbonyl (C=O) groups is 1. The molecule has 128 valence electrons. The lowest BCUT2D eigenvalue weighted by Gasteiger charge is -2.14. The number of aryl methyl sites for hydroxylation is 1. The van der Waals surface area contributed by atoms with Crippen LogP contribution >= 0.6 is 0 Å². The van der Waals surface area contributed by atoms with Gasteiger partial charge in [0.15, 0.2) is 6.61 Å². The minimum Gasteiger partial charge on any atom is -0.482 e. The molecule has 0 aromatic heterocycles. The number of ether oxygens (including phenoxy) is 2. The van der Waals surface area contributed by atoms with Gasteiger partial charge in [-0.2, -0.15) is 0 Å². The molecule has 0 bridgehead atoms. The Morgan fingerprint density at radius 2 is 1.72 bits per heavy atom. The lowest BCUT2D eigenvalue weighted by atomic mass is 10.0. The van der Waals surface area contributed by atoms with E-state index in [4.69, 9.17) is 9.47 Å². The number of rotatable bonds is 5. The molecule has 0 N–H and O–H groups in total. The molecule has 3 nitrogen and oxygen atoms in total. The van der Waals surface area contributed by atoms with Gasteiger partial charge in [-0.1, -0.05) is 56.3 Å². The van der Waals surface area contributed by atoms with Crippen LogP contribution in [-0.4, -0.2) is 12.6 Å². The zero-order chi connectivity index (χ0) is 17.8. The fraction of sp³-hybridized carbons (Fsp3) is 0.227. The Bertz CT molecular complexity index is 897. The van der Waals surface area contributed by atoms with E-state index in [1.54, 1.807) is 0 Å². The Morgan fingerprint density at radius 1 is 0.960 bits per heavy atom. The third-order valence-corrected chi connectivity index (χ3v) is 4.09. The molecular formula is C22H22O3. The van der Waals surface area contributed by atoms with Crippen molar-refractivity contribution in [3.63, 3.8) is 0 Å². The number of esters is 1. The van der Waals surface area contributed by atoms with Crippen molar-refractivity contribution in [1.82, 2.24) is 0 Å². The van der Waals surface area contributed by atoms with E-state index in [0.29, 0.717) is 11.5 Å². The van der Waals surface area contributed by atoms with Gasteiger partial charge < -0.3 is 9.47 Å². The lowest BCUT2D eigenvalue weighted by molar-refractivity contribution is -0.136. The van der Waals surface area contributed by atoms with Crippen molar-refractivity contribution in [2.75, 3.05) is 6.61 Å². The van der Waals surface area contributed by atoms with Gasteiger partial charge in [0.2, 0.25) is 0 Å². The molecule has 0 aliphatic carbocycles. The molecule has 0 radical (unpaired) electrons. The van der Waals surface area contributed by atoms with E-state index in [1.165, 1.54) is 0 Å². The molecule has 3 aromatic rings. The van der Waals surface area contributed by atoms with Gasteiger partial charge in [0, 0.05) is 0 Å². The summed E-state index contributed by atoms with van der Waals surface area (Å²) < 4.78 is 11.1. The number of hydrogen-bond donors (Lipinski definition) is 0. The van der Waals surface area contributed by atoms with Crippen molar-refractivity contribution in [3.8, 4) is 11.5 Å². The number of hydrogen-bond acceptors (Lipinski definition) is 3. The normalized spacial score (nSPS) is 10.9. The van der Waals surface area contributed by atoms with Crippen molar-refractivity contribution < 1.29 is 14.3 Å². The van der Waals surface area contributed by atoms with Crippen molar-refractivity contribution >= 4 is 16.7 Å². The van der Waals surface area contributed by atoms with Crippen molar-refractivity contribution in [2.45, 2.75) is 26.7 Å². The van der Waals surface area contributed by atoms with Gasteiger partial charge >= 0.3 is 5.97 Å². The highest BCUT2D eigenvalue weighted by atomic mass is 16.6. The van der Waals surface area contributed by atoms with Crippen LogP contribution in [0.1, 0.15) is 30.9 Å². The zero-order valence-electron chi connectivity index (χ0n) is 14.8. The van der Waals surface area contributed by atoms with Gasteiger partial charge in [0.1, 0.15) is 11.5 Å². The molecule has 3 rings (SSSR count). The maximum atomic E-state index is 12.2. The highest BCUT2D eigenvalue weighted by Crippen LogP contribution is 2.27. The molecule has 0 amide bonds. The summed E-state index contributed by atoms with van der Waals surface area (Å²) in [5, 5.41) is 2.22. The van der Waals surface area contributed by atoms with E-state index >= 15 is 0 Å². The molecule has 0 saturated carbocycles. The predicted octanol–water partition coefficient (Wildman–Crippen LogP) is 5.26. The van der Waals surface area contributed by atoms with Gasteiger partial charge in [0.25, 0.3) is 0 Å². The summed E-state index contributed by atoms with van der Waals surface area (Å²) in [5.41, 5.74) is 2.08. The molecule has 3 heteroatoms. The van der Waals surface area contributed by atoms with Crippen LogP contribution in [0.3, 0.4) is 0 Å². The standard InChI is InChI=1S/C22H22O3/c1-15(2)20-11-8-16(3)12-21(20)25-22(23)14-24-19-10-9-17-6-4-5-7-18(17)13-19/h4-13,15H,14H2,1-3H3. The third kappa shape index (κ3) is 4.18. The maximum absolute atomic E-state index is 12.2. The molecule has 0 fully saturated rings. The van der Waals surface area contributed by atoms with Gasteiger partial charge in [-0.05, 0) is 52.9 Å². The van der Waals surface area contributed by atoms with E-state index in [-0.39, 0.29) is 12.5 Å². The van der Waals surface area contributed by atoms with Gasteiger partial charge in [-0.15, -0.1) is 0 Å². The van der Waals surface area contributed by atoms with Crippen molar-refractivity contribution in [2.24, 2.45) is 0 Å². The van der Waals surface area contributed by atoms with Gasteiger partial charge in [-0.3, -0.25) is 0 Å². The minimum absolute atomic E-state index is 0.121. The Hall–Kier alpha value is -2.81. The average Bonchev–Trinajstić information content (AvgIpc) is 2.59. The number of fused-ring (bicyclic) bond motifs is 1. The van der Waals surface area contributed by atoms with Crippen LogP contribution in [0.15, 0.2) is 60.7 Å². The molecule has 0 atom stereocenters. The average molecular weight is 334 g/mol. The van der Waals surface area contributed by atoms with E-state index in [9.17, 15) is 4.79 Å². The fourth-order valence-electron chi connectivity index (χ4n) is 2.76. The molecule has 3 aromatic carbocycles. The summed E-state index contributed by atoms with van der Waals surface area (Å²) in [6.45, 7) is 6.01. The summed E-state index contributed by atoms with van der Waals surface area (Å²) in [6.07, 6.45) is 0.